The normalized spacial score (nSPS) is 12.6. The van der Waals surface area contributed by atoms with Crippen LogP contribution in [0.2, 0.25) is 0 Å². The molecule has 0 bridgehead atoms. The van der Waals surface area contributed by atoms with Gasteiger partial charge in [-0.25, -0.2) is 0 Å². The summed E-state index contributed by atoms with van der Waals surface area (Å²) in [6.07, 6.45) is -4.40. The van der Waals surface area contributed by atoms with Crippen LogP contribution in [-0.4, -0.2) is 31.1 Å². The lowest BCUT2D eigenvalue weighted by Gasteiger charge is -2.18. The molecule has 3 aromatic carbocycles. The minimum absolute atomic E-state index is 0.529. The zero-order valence-corrected chi connectivity index (χ0v) is 19.3. The van der Waals surface area contributed by atoms with Gasteiger partial charge in [-0.05, 0) is 72.1 Å². The van der Waals surface area contributed by atoms with Crippen LogP contribution < -0.4 is 4.74 Å². The molecule has 0 amide bonds. The number of hydrogen-bond acceptors (Lipinski definition) is 2. The molecule has 0 aliphatic carbocycles. The number of rotatable bonds is 9. The maximum absolute atomic E-state index is 13.4. The smallest absolute Gasteiger partial charge is 0.416 e. The van der Waals surface area contributed by atoms with Crippen molar-refractivity contribution in [1.29, 1.82) is 0 Å². The van der Waals surface area contributed by atoms with Crippen molar-refractivity contribution in [3.8, 4) is 5.75 Å². The molecule has 0 heterocycles. The molecule has 0 saturated heterocycles. The number of ether oxygens (including phenoxy) is 1. The molecule has 3 aromatic rings. The quantitative estimate of drug-likeness (QED) is 0.313. The van der Waals surface area contributed by atoms with Crippen LogP contribution in [-0.2, 0) is 6.18 Å². The van der Waals surface area contributed by atoms with Gasteiger partial charge in [-0.1, -0.05) is 68.4 Å². The number of benzene rings is 3. The van der Waals surface area contributed by atoms with E-state index in [1.807, 2.05) is 61.5 Å². The number of likely N-dealkylation sites (N-methyl/N-ethyl adjacent to an activating group) is 1. The molecule has 2 nitrogen and oxygen atoms in total. The van der Waals surface area contributed by atoms with Crippen molar-refractivity contribution in [2.45, 2.75) is 26.9 Å². The third-order valence-electron chi connectivity index (χ3n) is 5.77. The van der Waals surface area contributed by atoms with E-state index in [9.17, 15) is 13.2 Å². The molecule has 174 valence electrons. The number of hydrogen-bond donors (Lipinski definition) is 0. The molecule has 3 rings (SSSR count). The highest BCUT2D eigenvalue weighted by Gasteiger charge is 2.30. The van der Waals surface area contributed by atoms with Crippen molar-refractivity contribution in [2.75, 3.05) is 26.2 Å². The van der Waals surface area contributed by atoms with Gasteiger partial charge in [0.25, 0.3) is 0 Å². The molecule has 0 aliphatic heterocycles. The molecule has 0 aliphatic rings. The van der Waals surface area contributed by atoms with Crippen LogP contribution in [0.25, 0.3) is 11.1 Å². The molecule has 0 spiro atoms. The van der Waals surface area contributed by atoms with E-state index < -0.39 is 11.7 Å². The van der Waals surface area contributed by atoms with Crippen LogP contribution in [0, 0.1) is 0 Å². The molecule has 33 heavy (non-hydrogen) atoms. The summed E-state index contributed by atoms with van der Waals surface area (Å²) < 4.78 is 46.1. The van der Waals surface area contributed by atoms with Gasteiger partial charge in [0, 0.05) is 6.54 Å². The first kappa shape index (κ1) is 24.6. The highest BCUT2D eigenvalue weighted by Crippen LogP contribution is 2.36. The summed E-state index contributed by atoms with van der Waals surface area (Å²) in [5.41, 5.74) is 3.35. The van der Waals surface area contributed by atoms with Crippen molar-refractivity contribution in [2.24, 2.45) is 0 Å². The van der Waals surface area contributed by atoms with E-state index in [0.717, 1.165) is 53.7 Å². The molecule has 0 atom stereocenters. The van der Waals surface area contributed by atoms with Gasteiger partial charge in [-0.3, -0.25) is 0 Å². The Kier molecular flexibility index (Phi) is 8.34. The van der Waals surface area contributed by atoms with Crippen LogP contribution >= 0.6 is 0 Å². The number of nitrogens with zero attached hydrogens (tertiary/aromatic N) is 1. The second kappa shape index (κ2) is 11.2. The van der Waals surface area contributed by atoms with Crippen LogP contribution in [0.5, 0.6) is 5.75 Å². The van der Waals surface area contributed by atoms with E-state index in [0.29, 0.717) is 12.2 Å². The van der Waals surface area contributed by atoms with Gasteiger partial charge in [0.05, 0.1) is 5.56 Å². The van der Waals surface area contributed by atoms with Gasteiger partial charge >= 0.3 is 6.18 Å². The first-order chi connectivity index (χ1) is 15.8. The highest BCUT2D eigenvalue weighted by molar-refractivity contribution is 5.98. The zero-order valence-electron chi connectivity index (χ0n) is 19.3. The van der Waals surface area contributed by atoms with Gasteiger partial charge in [-0.2, -0.15) is 13.2 Å². The Labute approximate surface area is 194 Å². The summed E-state index contributed by atoms with van der Waals surface area (Å²) >= 11 is 0. The maximum Gasteiger partial charge on any atom is 0.416 e. The second-order valence-electron chi connectivity index (χ2n) is 7.84. The lowest BCUT2D eigenvalue weighted by atomic mass is 9.89. The van der Waals surface area contributed by atoms with Crippen LogP contribution in [0.15, 0.2) is 78.9 Å². The topological polar surface area (TPSA) is 12.5 Å². The molecule has 0 aromatic heterocycles. The van der Waals surface area contributed by atoms with E-state index in [-0.39, 0.29) is 0 Å². The van der Waals surface area contributed by atoms with Crippen LogP contribution in [0.3, 0.4) is 0 Å². The SMILES string of the molecule is CCN(CC)CCOc1ccc(/C(=C(/C)c2ccccc2)c2cccc(C(F)(F)F)c2)cc1. The Hall–Kier alpha value is -3.05. The van der Waals surface area contributed by atoms with Crippen LogP contribution in [0.1, 0.15) is 43.0 Å². The maximum atomic E-state index is 13.4. The standard InChI is InChI=1S/C28H30F3NO/c1-4-32(5-2)18-19-33-26-16-14-23(15-17-26)27(21(3)22-10-7-6-8-11-22)24-12-9-13-25(20-24)28(29,30)31/h6-17,20H,4-5,18-19H2,1-3H3/b27-21+. The monoisotopic (exact) mass is 453 g/mol. The van der Waals surface area contributed by atoms with Crippen LogP contribution in [0.4, 0.5) is 13.2 Å². The van der Waals surface area contributed by atoms with E-state index in [1.165, 1.54) is 12.1 Å². The first-order valence-corrected chi connectivity index (χ1v) is 11.2. The molecule has 0 saturated carbocycles. The van der Waals surface area contributed by atoms with Crippen molar-refractivity contribution in [1.82, 2.24) is 4.90 Å². The van der Waals surface area contributed by atoms with Crippen molar-refractivity contribution < 1.29 is 17.9 Å². The second-order valence-corrected chi connectivity index (χ2v) is 7.84. The first-order valence-electron chi connectivity index (χ1n) is 11.2. The van der Waals surface area contributed by atoms with Gasteiger partial charge in [0.15, 0.2) is 0 Å². The molecule has 5 heteroatoms. The number of alkyl halides is 3. The fraction of sp³-hybridized carbons (Fsp3) is 0.286. The van der Waals surface area contributed by atoms with Gasteiger partial charge in [0.2, 0.25) is 0 Å². The summed E-state index contributed by atoms with van der Waals surface area (Å²) in [5.74, 6) is 0.742. The largest absolute Gasteiger partial charge is 0.492 e. The lowest BCUT2D eigenvalue weighted by molar-refractivity contribution is -0.137. The van der Waals surface area contributed by atoms with E-state index in [4.69, 9.17) is 4.74 Å². The molecule has 0 N–H and O–H groups in total. The Bertz CT molecular complexity index is 1050. The minimum Gasteiger partial charge on any atom is -0.492 e. The predicted octanol–water partition coefficient (Wildman–Crippen LogP) is 7.41. The average Bonchev–Trinajstić information content (AvgIpc) is 2.83. The highest BCUT2D eigenvalue weighted by atomic mass is 19.4. The van der Waals surface area contributed by atoms with E-state index in [2.05, 4.69) is 18.7 Å². The van der Waals surface area contributed by atoms with E-state index in [1.54, 1.807) is 6.07 Å². The molecular weight excluding hydrogens is 423 g/mol. The fourth-order valence-electron chi connectivity index (χ4n) is 3.83. The van der Waals surface area contributed by atoms with Crippen molar-refractivity contribution in [3.05, 3.63) is 101 Å². The molecule has 0 radical (unpaired) electrons. The minimum atomic E-state index is -4.40. The summed E-state index contributed by atoms with van der Waals surface area (Å²) in [6.45, 7) is 9.56. The fourth-order valence-corrected chi connectivity index (χ4v) is 3.83. The third kappa shape index (κ3) is 6.48. The number of allylic oxidation sites excluding steroid dienone is 1. The molecule has 0 unspecified atom stereocenters. The Morgan fingerprint density at radius 1 is 0.788 bits per heavy atom. The summed E-state index contributed by atoms with van der Waals surface area (Å²) in [7, 11) is 0. The molecular formula is C28H30F3NO. The third-order valence-corrected chi connectivity index (χ3v) is 5.77. The average molecular weight is 454 g/mol. The predicted molar refractivity (Wildman–Crippen MR) is 129 cm³/mol. The van der Waals surface area contributed by atoms with Crippen molar-refractivity contribution >= 4 is 11.1 Å². The number of halogens is 3. The Morgan fingerprint density at radius 3 is 2.03 bits per heavy atom. The van der Waals surface area contributed by atoms with E-state index >= 15 is 0 Å². The zero-order chi connectivity index (χ0) is 23.8. The molecule has 0 fully saturated rings. The Morgan fingerprint density at radius 2 is 1.42 bits per heavy atom. The summed E-state index contributed by atoms with van der Waals surface area (Å²) in [6, 6.07) is 22.8. The van der Waals surface area contributed by atoms with Crippen molar-refractivity contribution in [3.63, 3.8) is 0 Å². The summed E-state index contributed by atoms with van der Waals surface area (Å²) in [5, 5.41) is 0. The van der Waals surface area contributed by atoms with Gasteiger partial charge in [-0.15, -0.1) is 0 Å². The lowest BCUT2D eigenvalue weighted by Crippen LogP contribution is -2.27. The summed E-state index contributed by atoms with van der Waals surface area (Å²) in [4.78, 5) is 2.28. The Balaban J connectivity index is 1.96. The van der Waals surface area contributed by atoms with Gasteiger partial charge < -0.3 is 9.64 Å². The van der Waals surface area contributed by atoms with Gasteiger partial charge in [0.1, 0.15) is 12.4 Å².